The summed E-state index contributed by atoms with van der Waals surface area (Å²) in [6.45, 7) is 4.92. The molecule has 1 aromatic heterocycles. The largest absolute Gasteiger partial charge is 0.325 e. The summed E-state index contributed by atoms with van der Waals surface area (Å²) in [5.41, 5.74) is 6.12. The number of hydrogen-bond donors (Lipinski definition) is 2. The Morgan fingerprint density at radius 2 is 2.00 bits per heavy atom. The monoisotopic (exact) mass is 300 g/mol. The van der Waals surface area contributed by atoms with Crippen LogP contribution >= 0.6 is 0 Å². The van der Waals surface area contributed by atoms with Gasteiger partial charge in [0.05, 0.1) is 5.69 Å². The second-order valence-corrected chi connectivity index (χ2v) is 7.14. The maximum absolute atomic E-state index is 12.3. The van der Waals surface area contributed by atoms with E-state index in [1.165, 1.54) is 12.3 Å². The summed E-state index contributed by atoms with van der Waals surface area (Å²) in [4.78, 5) is 6.15. The first-order valence-corrected chi connectivity index (χ1v) is 8.06. The molecule has 0 aromatic carbocycles. The molecule has 1 rings (SSSR count). The molecule has 6 nitrogen and oxygen atoms in total. The van der Waals surface area contributed by atoms with Crippen LogP contribution in [-0.4, -0.2) is 45.0 Å². The van der Waals surface area contributed by atoms with Crippen molar-refractivity contribution < 1.29 is 8.42 Å². The van der Waals surface area contributed by atoms with Crippen molar-refractivity contribution in [2.24, 2.45) is 11.7 Å². The van der Waals surface area contributed by atoms with Crippen LogP contribution in [0.4, 0.5) is 0 Å². The third-order valence-corrected chi connectivity index (χ3v) is 4.47. The Morgan fingerprint density at radius 1 is 1.35 bits per heavy atom. The van der Waals surface area contributed by atoms with Crippen LogP contribution in [0.1, 0.15) is 19.5 Å². The van der Waals surface area contributed by atoms with Crippen molar-refractivity contribution in [3.8, 4) is 0 Å². The lowest BCUT2D eigenvalue weighted by Crippen LogP contribution is -2.44. The minimum absolute atomic E-state index is 0.149. The summed E-state index contributed by atoms with van der Waals surface area (Å²) >= 11 is 0. The van der Waals surface area contributed by atoms with Crippen LogP contribution in [0.25, 0.3) is 0 Å². The normalized spacial score (nSPS) is 13.9. The van der Waals surface area contributed by atoms with E-state index in [0.717, 1.165) is 0 Å². The molecule has 114 valence electrons. The van der Waals surface area contributed by atoms with Crippen molar-refractivity contribution in [3.05, 3.63) is 24.0 Å². The molecule has 0 aliphatic rings. The molecule has 20 heavy (non-hydrogen) atoms. The number of pyridine rings is 1. The highest BCUT2D eigenvalue weighted by Gasteiger charge is 2.23. The Balaban J connectivity index is 2.91. The molecule has 0 saturated carbocycles. The van der Waals surface area contributed by atoms with Crippen molar-refractivity contribution in [2.45, 2.75) is 31.3 Å². The quantitative estimate of drug-likeness (QED) is 0.761. The molecule has 1 heterocycles. The summed E-state index contributed by atoms with van der Waals surface area (Å²) < 4.78 is 27.4. The standard InChI is InChI=1S/C13H24N4O2S/c1-10(2)13(9-17(3)4)16-20(18,19)12-6-5-11(7-14)15-8-12/h5-6,8,10,13,16H,7,9,14H2,1-4H3. The summed E-state index contributed by atoms with van der Waals surface area (Å²) in [5, 5.41) is 0. The van der Waals surface area contributed by atoms with Gasteiger partial charge in [-0.3, -0.25) is 4.98 Å². The third-order valence-electron chi connectivity index (χ3n) is 2.99. The first-order valence-electron chi connectivity index (χ1n) is 6.58. The SMILES string of the molecule is CC(C)C(CN(C)C)NS(=O)(=O)c1ccc(CN)nc1. The van der Waals surface area contributed by atoms with Gasteiger partial charge in [-0.25, -0.2) is 13.1 Å². The van der Waals surface area contributed by atoms with Gasteiger partial charge in [0.25, 0.3) is 0 Å². The topological polar surface area (TPSA) is 88.3 Å². The Hall–Kier alpha value is -1.02. The summed E-state index contributed by atoms with van der Waals surface area (Å²) in [5.74, 6) is 0.198. The molecule has 1 unspecified atom stereocenters. The number of nitrogens with one attached hydrogen (secondary N) is 1. The lowest BCUT2D eigenvalue weighted by Gasteiger charge is -2.25. The van der Waals surface area contributed by atoms with Crippen molar-refractivity contribution >= 4 is 10.0 Å². The number of likely N-dealkylation sites (N-methyl/N-ethyl adjacent to an activating group) is 1. The van der Waals surface area contributed by atoms with Crippen molar-refractivity contribution in [2.75, 3.05) is 20.6 Å². The molecule has 1 atom stereocenters. The summed E-state index contributed by atoms with van der Waals surface area (Å²) in [6.07, 6.45) is 1.34. The van der Waals surface area contributed by atoms with E-state index in [1.807, 2.05) is 32.8 Å². The number of aromatic nitrogens is 1. The molecular weight excluding hydrogens is 276 g/mol. The highest BCUT2D eigenvalue weighted by Crippen LogP contribution is 2.11. The Morgan fingerprint density at radius 3 is 2.40 bits per heavy atom. The second-order valence-electron chi connectivity index (χ2n) is 5.42. The van der Waals surface area contributed by atoms with Gasteiger partial charge < -0.3 is 10.6 Å². The summed E-state index contributed by atoms with van der Waals surface area (Å²) in [7, 11) is 0.281. The van der Waals surface area contributed by atoms with E-state index in [2.05, 4.69) is 9.71 Å². The average Bonchev–Trinajstić information content (AvgIpc) is 2.37. The Bertz CT molecular complexity index is 512. The lowest BCUT2D eigenvalue weighted by atomic mass is 10.1. The van der Waals surface area contributed by atoms with E-state index in [4.69, 9.17) is 5.73 Å². The molecular formula is C13H24N4O2S. The fraction of sp³-hybridized carbons (Fsp3) is 0.615. The zero-order valence-corrected chi connectivity index (χ0v) is 13.3. The third kappa shape index (κ3) is 4.82. The van der Waals surface area contributed by atoms with E-state index >= 15 is 0 Å². The van der Waals surface area contributed by atoms with Crippen LogP contribution in [0.15, 0.2) is 23.2 Å². The van der Waals surface area contributed by atoms with Gasteiger partial charge in [0.1, 0.15) is 4.90 Å². The summed E-state index contributed by atoms with van der Waals surface area (Å²) in [6, 6.07) is 3.01. The molecule has 0 spiro atoms. The Kier molecular flexibility index (Phi) is 6.07. The van der Waals surface area contributed by atoms with Crippen LogP contribution in [-0.2, 0) is 16.6 Å². The number of rotatable bonds is 7. The number of nitrogens with two attached hydrogens (primary N) is 1. The second kappa shape index (κ2) is 7.12. The predicted molar refractivity (Wildman–Crippen MR) is 79.6 cm³/mol. The molecule has 3 N–H and O–H groups in total. The van der Waals surface area contributed by atoms with Crippen LogP contribution in [0.2, 0.25) is 0 Å². The van der Waals surface area contributed by atoms with Gasteiger partial charge in [-0.2, -0.15) is 0 Å². The Labute approximate surface area is 121 Å². The van der Waals surface area contributed by atoms with Gasteiger partial charge in [0, 0.05) is 25.3 Å². The van der Waals surface area contributed by atoms with Gasteiger partial charge in [0.2, 0.25) is 10.0 Å². The molecule has 0 aliphatic carbocycles. The maximum Gasteiger partial charge on any atom is 0.242 e. The zero-order chi connectivity index (χ0) is 15.3. The molecule has 1 aromatic rings. The fourth-order valence-corrected chi connectivity index (χ4v) is 3.06. The van der Waals surface area contributed by atoms with Gasteiger partial charge >= 0.3 is 0 Å². The minimum Gasteiger partial charge on any atom is -0.325 e. The van der Waals surface area contributed by atoms with Crippen LogP contribution < -0.4 is 10.5 Å². The molecule has 0 fully saturated rings. The van der Waals surface area contributed by atoms with Crippen LogP contribution in [0.5, 0.6) is 0 Å². The smallest absolute Gasteiger partial charge is 0.242 e. The van der Waals surface area contributed by atoms with Crippen LogP contribution in [0.3, 0.4) is 0 Å². The van der Waals surface area contributed by atoms with E-state index in [9.17, 15) is 8.42 Å². The highest BCUT2D eigenvalue weighted by molar-refractivity contribution is 7.89. The van der Waals surface area contributed by atoms with Crippen molar-refractivity contribution in [1.82, 2.24) is 14.6 Å². The van der Waals surface area contributed by atoms with E-state index in [-0.39, 0.29) is 16.9 Å². The predicted octanol–water partition coefficient (Wildman–Crippen LogP) is 0.405. The molecule has 7 heteroatoms. The van der Waals surface area contributed by atoms with Crippen LogP contribution in [0, 0.1) is 5.92 Å². The van der Waals surface area contributed by atoms with E-state index in [1.54, 1.807) is 6.07 Å². The van der Waals surface area contributed by atoms with E-state index in [0.29, 0.717) is 18.8 Å². The molecule has 0 bridgehead atoms. The highest BCUT2D eigenvalue weighted by atomic mass is 32.2. The average molecular weight is 300 g/mol. The number of nitrogens with zero attached hydrogens (tertiary/aromatic N) is 2. The van der Waals surface area contributed by atoms with Gasteiger partial charge in [-0.1, -0.05) is 13.8 Å². The van der Waals surface area contributed by atoms with Gasteiger partial charge in [0.15, 0.2) is 0 Å². The molecule has 0 saturated heterocycles. The van der Waals surface area contributed by atoms with Crippen molar-refractivity contribution in [3.63, 3.8) is 0 Å². The zero-order valence-electron chi connectivity index (χ0n) is 12.5. The van der Waals surface area contributed by atoms with Gasteiger partial charge in [-0.15, -0.1) is 0 Å². The number of hydrogen-bond acceptors (Lipinski definition) is 5. The first kappa shape index (κ1) is 17.0. The first-order chi connectivity index (χ1) is 9.26. The number of sulfonamides is 1. The fourth-order valence-electron chi connectivity index (χ4n) is 1.74. The molecule has 0 amide bonds. The lowest BCUT2D eigenvalue weighted by molar-refractivity contribution is 0.314. The maximum atomic E-state index is 12.3. The molecule has 0 radical (unpaired) electrons. The van der Waals surface area contributed by atoms with Gasteiger partial charge in [-0.05, 0) is 32.1 Å². The minimum atomic E-state index is -3.56. The molecule has 0 aliphatic heterocycles. The van der Waals surface area contributed by atoms with E-state index < -0.39 is 10.0 Å². The van der Waals surface area contributed by atoms with Crippen molar-refractivity contribution in [1.29, 1.82) is 0 Å².